The van der Waals surface area contributed by atoms with Gasteiger partial charge in [0, 0.05) is 24.0 Å². The molecule has 2 aromatic carbocycles. The number of β-lactam (4-membered cyclic amide) rings is 1. The van der Waals surface area contributed by atoms with Crippen molar-refractivity contribution >= 4 is 22.5 Å². The predicted molar refractivity (Wildman–Crippen MR) is 129 cm³/mol. The standard InChI is InChI=1S/C28H34N2O/c1-19(2)21(4)20(3)17-23-12-10-22(11-13-23)14-15-25-18-27(31)30(25)26-9-5-7-24-8-6-16-29-28(24)26/h5-13,16,19-21,25H,14-15,17-18H2,1-4H3. The van der Waals surface area contributed by atoms with E-state index in [-0.39, 0.29) is 11.9 Å². The SMILES string of the molecule is CC(C)C(C)C(C)Cc1ccc(CCC2CC(=O)N2c2cccc3cccnc23)cc1. The molecule has 1 amide bonds. The van der Waals surface area contributed by atoms with Crippen LogP contribution in [0.1, 0.15) is 51.7 Å². The summed E-state index contributed by atoms with van der Waals surface area (Å²) < 4.78 is 0. The molecule has 3 aromatic rings. The molecule has 1 fully saturated rings. The minimum Gasteiger partial charge on any atom is -0.307 e. The van der Waals surface area contributed by atoms with Gasteiger partial charge in [0.2, 0.25) is 5.91 Å². The summed E-state index contributed by atoms with van der Waals surface area (Å²) in [6.07, 6.45) is 5.54. The largest absolute Gasteiger partial charge is 0.307 e. The lowest BCUT2D eigenvalue weighted by Crippen LogP contribution is -2.53. The van der Waals surface area contributed by atoms with E-state index in [1.807, 2.05) is 23.1 Å². The van der Waals surface area contributed by atoms with Crippen LogP contribution in [0.15, 0.2) is 60.8 Å². The summed E-state index contributed by atoms with van der Waals surface area (Å²) in [6, 6.07) is 19.5. The number of carbonyl (C=O) groups excluding carboxylic acids is 1. The van der Waals surface area contributed by atoms with Gasteiger partial charge in [-0.2, -0.15) is 0 Å². The number of anilines is 1. The fraction of sp³-hybridized carbons (Fsp3) is 0.429. The average molecular weight is 415 g/mol. The predicted octanol–water partition coefficient (Wildman–Crippen LogP) is 6.44. The third-order valence-corrected chi connectivity index (χ3v) is 7.21. The number of benzene rings is 2. The zero-order valence-corrected chi connectivity index (χ0v) is 19.2. The Bertz CT molecular complexity index is 1040. The minimum atomic E-state index is 0.201. The fourth-order valence-corrected chi connectivity index (χ4v) is 4.72. The molecule has 3 atom stereocenters. The van der Waals surface area contributed by atoms with Crippen molar-refractivity contribution in [1.29, 1.82) is 0 Å². The number of fused-ring (bicyclic) bond motifs is 1. The van der Waals surface area contributed by atoms with Crippen LogP contribution in [0.25, 0.3) is 10.9 Å². The molecular weight excluding hydrogens is 380 g/mol. The van der Waals surface area contributed by atoms with Gasteiger partial charge in [-0.3, -0.25) is 9.78 Å². The molecule has 162 valence electrons. The average Bonchev–Trinajstić information content (AvgIpc) is 2.77. The van der Waals surface area contributed by atoms with Gasteiger partial charge >= 0.3 is 0 Å². The molecule has 1 aliphatic heterocycles. The van der Waals surface area contributed by atoms with Crippen molar-refractivity contribution in [2.75, 3.05) is 4.90 Å². The summed E-state index contributed by atoms with van der Waals surface area (Å²) in [4.78, 5) is 18.9. The molecule has 1 aromatic heterocycles. The number of nitrogens with zero attached hydrogens (tertiary/aromatic N) is 2. The van der Waals surface area contributed by atoms with E-state index in [1.54, 1.807) is 6.20 Å². The van der Waals surface area contributed by atoms with Crippen LogP contribution in [0.2, 0.25) is 0 Å². The molecule has 1 saturated heterocycles. The van der Waals surface area contributed by atoms with E-state index in [2.05, 4.69) is 69.1 Å². The van der Waals surface area contributed by atoms with Gasteiger partial charge < -0.3 is 4.90 Å². The van der Waals surface area contributed by atoms with Crippen LogP contribution < -0.4 is 4.90 Å². The smallest absolute Gasteiger partial charge is 0.229 e. The van der Waals surface area contributed by atoms with E-state index in [1.165, 1.54) is 11.1 Å². The molecule has 2 heterocycles. The Labute approximate surface area is 186 Å². The van der Waals surface area contributed by atoms with E-state index in [4.69, 9.17) is 0 Å². The first kappa shape index (κ1) is 21.5. The van der Waals surface area contributed by atoms with E-state index in [9.17, 15) is 4.79 Å². The molecule has 0 bridgehead atoms. The molecule has 31 heavy (non-hydrogen) atoms. The fourth-order valence-electron chi connectivity index (χ4n) is 4.72. The molecule has 3 nitrogen and oxygen atoms in total. The number of aromatic nitrogens is 1. The minimum absolute atomic E-state index is 0.201. The summed E-state index contributed by atoms with van der Waals surface area (Å²) in [5, 5.41) is 1.08. The first-order valence-electron chi connectivity index (χ1n) is 11.7. The van der Waals surface area contributed by atoms with E-state index in [0.29, 0.717) is 12.3 Å². The monoisotopic (exact) mass is 414 g/mol. The van der Waals surface area contributed by atoms with Gasteiger partial charge in [0.05, 0.1) is 11.2 Å². The quantitative estimate of drug-likeness (QED) is 0.397. The van der Waals surface area contributed by atoms with Crippen LogP contribution in [-0.2, 0) is 17.6 Å². The molecule has 3 heteroatoms. The molecule has 0 saturated carbocycles. The van der Waals surface area contributed by atoms with Crippen molar-refractivity contribution in [2.24, 2.45) is 17.8 Å². The van der Waals surface area contributed by atoms with Crippen LogP contribution in [-0.4, -0.2) is 16.9 Å². The summed E-state index contributed by atoms with van der Waals surface area (Å²) in [5.41, 5.74) is 4.63. The highest BCUT2D eigenvalue weighted by molar-refractivity contribution is 6.06. The Morgan fingerprint density at radius 2 is 1.68 bits per heavy atom. The summed E-state index contributed by atoms with van der Waals surface area (Å²) in [5.74, 6) is 2.34. The van der Waals surface area contributed by atoms with Crippen molar-refractivity contribution in [3.05, 3.63) is 71.9 Å². The summed E-state index contributed by atoms with van der Waals surface area (Å²) >= 11 is 0. The molecule has 0 N–H and O–H groups in total. The second kappa shape index (κ2) is 9.21. The second-order valence-electron chi connectivity index (χ2n) is 9.61. The zero-order valence-electron chi connectivity index (χ0n) is 19.2. The topological polar surface area (TPSA) is 33.2 Å². The van der Waals surface area contributed by atoms with Crippen LogP contribution in [0.5, 0.6) is 0 Å². The summed E-state index contributed by atoms with van der Waals surface area (Å²) in [6.45, 7) is 9.35. The lowest BCUT2D eigenvalue weighted by molar-refractivity contribution is -0.124. The highest BCUT2D eigenvalue weighted by atomic mass is 16.2. The van der Waals surface area contributed by atoms with Gasteiger partial charge in [0.15, 0.2) is 0 Å². The Balaban J connectivity index is 1.38. The number of hydrogen-bond donors (Lipinski definition) is 0. The van der Waals surface area contributed by atoms with Crippen LogP contribution in [0, 0.1) is 17.8 Å². The third-order valence-electron chi connectivity index (χ3n) is 7.21. The van der Waals surface area contributed by atoms with Crippen molar-refractivity contribution < 1.29 is 4.79 Å². The molecule has 0 aliphatic carbocycles. The number of amides is 1. The molecule has 1 aliphatic rings. The Kier molecular flexibility index (Phi) is 6.41. The lowest BCUT2D eigenvalue weighted by Gasteiger charge is -2.41. The van der Waals surface area contributed by atoms with E-state index < -0.39 is 0 Å². The van der Waals surface area contributed by atoms with Gasteiger partial charge in [0.1, 0.15) is 0 Å². The van der Waals surface area contributed by atoms with Gasteiger partial charge in [-0.15, -0.1) is 0 Å². The molecular formula is C28H34N2O. The van der Waals surface area contributed by atoms with Gasteiger partial charge in [-0.25, -0.2) is 0 Å². The van der Waals surface area contributed by atoms with Crippen molar-refractivity contribution in [3.63, 3.8) is 0 Å². The van der Waals surface area contributed by atoms with Crippen LogP contribution >= 0.6 is 0 Å². The highest BCUT2D eigenvalue weighted by Gasteiger charge is 2.37. The van der Waals surface area contributed by atoms with Gasteiger partial charge in [-0.1, -0.05) is 70.2 Å². The maximum Gasteiger partial charge on any atom is 0.229 e. The number of pyridine rings is 1. The molecule has 4 rings (SSSR count). The Morgan fingerprint density at radius 1 is 0.968 bits per heavy atom. The van der Waals surface area contributed by atoms with Gasteiger partial charge in [0.25, 0.3) is 0 Å². The molecule has 3 unspecified atom stereocenters. The molecule has 0 spiro atoms. The highest BCUT2D eigenvalue weighted by Crippen LogP contribution is 2.34. The number of para-hydroxylation sites is 1. The first-order chi connectivity index (χ1) is 14.9. The normalized spacial score (nSPS) is 18.3. The Hall–Kier alpha value is -2.68. The maximum absolute atomic E-state index is 12.4. The van der Waals surface area contributed by atoms with Crippen LogP contribution in [0.4, 0.5) is 5.69 Å². The number of hydrogen-bond acceptors (Lipinski definition) is 2. The number of aryl methyl sites for hydroxylation is 1. The lowest BCUT2D eigenvalue weighted by atomic mass is 9.82. The first-order valence-corrected chi connectivity index (χ1v) is 11.7. The van der Waals surface area contributed by atoms with Crippen molar-refractivity contribution in [3.8, 4) is 0 Å². The molecule has 0 radical (unpaired) electrons. The van der Waals surface area contributed by atoms with Crippen LogP contribution in [0.3, 0.4) is 0 Å². The number of rotatable bonds is 8. The zero-order chi connectivity index (χ0) is 22.0. The maximum atomic E-state index is 12.4. The second-order valence-corrected chi connectivity index (χ2v) is 9.61. The Morgan fingerprint density at radius 3 is 2.39 bits per heavy atom. The summed E-state index contributed by atoms with van der Waals surface area (Å²) in [7, 11) is 0. The van der Waals surface area contributed by atoms with Gasteiger partial charge in [-0.05, 0) is 60.3 Å². The van der Waals surface area contributed by atoms with E-state index >= 15 is 0 Å². The third kappa shape index (κ3) is 4.66. The number of carbonyl (C=O) groups is 1. The van der Waals surface area contributed by atoms with Crippen molar-refractivity contribution in [2.45, 2.75) is 59.4 Å². The van der Waals surface area contributed by atoms with Crippen molar-refractivity contribution in [1.82, 2.24) is 4.98 Å². The van der Waals surface area contributed by atoms with E-state index in [0.717, 1.165) is 47.7 Å².